The van der Waals surface area contributed by atoms with Gasteiger partial charge in [0.25, 0.3) is 0 Å². The summed E-state index contributed by atoms with van der Waals surface area (Å²) in [4.78, 5) is 5.30. The van der Waals surface area contributed by atoms with E-state index < -0.39 is 0 Å². The number of rotatable bonds is 5. The standard InChI is InChI=1S/C47H33N3O/c1-29-16-30(2)18-35(17-29)39-26-44(48-46(27-39)42-24-37-19-32-12-6-7-13-33(32)20-38(37)28-47(42)51)40-21-36(31-10-4-3-5-11-31)22-41(23-40)45-25-34-14-8-9-15-43(34)49-50-45/h3-28,51H,1-2H3. The number of nitrogens with zero attached hydrogens (tertiary/aromatic N) is 3. The first-order valence-electron chi connectivity index (χ1n) is 17.1. The fourth-order valence-electron chi connectivity index (χ4n) is 7.16. The minimum absolute atomic E-state index is 0.193. The Morgan fingerprint density at radius 3 is 1.69 bits per heavy atom. The van der Waals surface area contributed by atoms with Gasteiger partial charge in [0.05, 0.1) is 22.6 Å². The topological polar surface area (TPSA) is 58.9 Å². The smallest absolute Gasteiger partial charge is 0.125 e. The molecule has 0 aliphatic carbocycles. The third kappa shape index (κ3) is 5.87. The second-order valence-corrected chi connectivity index (χ2v) is 13.4. The summed E-state index contributed by atoms with van der Waals surface area (Å²) in [5, 5.41) is 26.1. The van der Waals surface area contributed by atoms with Crippen LogP contribution < -0.4 is 0 Å². The number of phenols is 1. The Kier molecular flexibility index (Phi) is 7.36. The predicted molar refractivity (Wildman–Crippen MR) is 211 cm³/mol. The molecule has 0 unspecified atom stereocenters. The molecule has 0 spiro atoms. The highest BCUT2D eigenvalue weighted by Crippen LogP contribution is 2.39. The molecule has 0 aliphatic heterocycles. The van der Waals surface area contributed by atoms with Crippen LogP contribution in [0.5, 0.6) is 5.75 Å². The van der Waals surface area contributed by atoms with Gasteiger partial charge < -0.3 is 5.11 Å². The van der Waals surface area contributed by atoms with Crippen molar-refractivity contribution in [3.63, 3.8) is 0 Å². The van der Waals surface area contributed by atoms with E-state index in [1.54, 1.807) is 0 Å². The van der Waals surface area contributed by atoms with Gasteiger partial charge in [-0.1, -0.05) is 102 Å². The molecule has 9 rings (SSSR count). The van der Waals surface area contributed by atoms with Crippen molar-refractivity contribution in [2.75, 3.05) is 0 Å². The van der Waals surface area contributed by atoms with Gasteiger partial charge in [-0.2, -0.15) is 0 Å². The number of aromatic nitrogens is 3. The molecular weight excluding hydrogens is 623 g/mol. The Morgan fingerprint density at radius 1 is 0.373 bits per heavy atom. The third-order valence-corrected chi connectivity index (χ3v) is 9.60. The highest BCUT2D eigenvalue weighted by atomic mass is 16.3. The maximum absolute atomic E-state index is 11.6. The minimum Gasteiger partial charge on any atom is -0.507 e. The van der Waals surface area contributed by atoms with Gasteiger partial charge in [-0.3, -0.25) is 0 Å². The molecule has 2 aromatic heterocycles. The molecule has 4 nitrogen and oxygen atoms in total. The fraction of sp³-hybridized carbons (Fsp3) is 0.0426. The van der Waals surface area contributed by atoms with E-state index in [-0.39, 0.29) is 5.75 Å². The van der Waals surface area contributed by atoms with Gasteiger partial charge in [-0.05, 0) is 124 Å². The quantitative estimate of drug-likeness (QED) is 0.187. The number of fused-ring (bicyclic) bond motifs is 3. The number of pyridine rings is 1. The van der Waals surface area contributed by atoms with Gasteiger partial charge in [0.15, 0.2) is 0 Å². The van der Waals surface area contributed by atoms with Crippen molar-refractivity contribution < 1.29 is 5.11 Å². The summed E-state index contributed by atoms with van der Waals surface area (Å²) in [5.74, 6) is 0.193. The summed E-state index contributed by atoms with van der Waals surface area (Å²) in [5.41, 5.74) is 12.4. The zero-order valence-corrected chi connectivity index (χ0v) is 28.3. The predicted octanol–water partition coefficient (Wildman–Crippen LogP) is 12.0. The highest BCUT2D eigenvalue weighted by molar-refractivity contribution is 6.01. The van der Waals surface area contributed by atoms with Gasteiger partial charge in [-0.25, -0.2) is 4.98 Å². The van der Waals surface area contributed by atoms with Crippen molar-refractivity contribution in [1.82, 2.24) is 15.2 Å². The largest absolute Gasteiger partial charge is 0.507 e. The number of aryl methyl sites for hydroxylation is 2. The first-order chi connectivity index (χ1) is 24.9. The first-order valence-corrected chi connectivity index (χ1v) is 17.1. The number of aromatic hydroxyl groups is 1. The molecule has 4 heteroatoms. The third-order valence-electron chi connectivity index (χ3n) is 9.60. The lowest BCUT2D eigenvalue weighted by Gasteiger charge is -2.15. The molecule has 0 fully saturated rings. The summed E-state index contributed by atoms with van der Waals surface area (Å²) in [7, 11) is 0. The zero-order chi connectivity index (χ0) is 34.5. The normalized spacial score (nSPS) is 11.4. The minimum atomic E-state index is 0.193. The van der Waals surface area contributed by atoms with Crippen LogP contribution in [0.15, 0.2) is 158 Å². The SMILES string of the molecule is Cc1cc(C)cc(-c2cc(-c3cc(-c4ccccc4)cc(-c4cc5ccccc5nn4)c3)nc(-c3cc4cc5ccccc5cc4cc3O)c2)c1. The number of benzene rings is 7. The van der Waals surface area contributed by atoms with E-state index in [0.717, 1.165) is 77.2 Å². The molecule has 7 aromatic carbocycles. The lowest BCUT2D eigenvalue weighted by atomic mass is 9.93. The monoisotopic (exact) mass is 655 g/mol. The summed E-state index contributed by atoms with van der Waals surface area (Å²) in [6.45, 7) is 4.25. The fourth-order valence-corrected chi connectivity index (χ4v) is 7.16. The van der Waals surface area contributed by atoms with Crippen LogP contribution >= 0.6 is 0 Å². The van der Waals surface area contributed by atoms with Gasteiger partial charge >= 0.3 is 0 Å². The van der Waals surface area contributed by atoms with E-state index in [0.29, 0.717) is 11.3 Å². The van der Waals surface area contributed by atoms with Gasteiger partial charge in [0.2, 0.25) is 0 Å². The van der Waals surface area contributed by atoms with Gasteiger partial charge in [0, 0.05) is 22.1 Å². The Balaban J connectivity index is 1.28. The average Bonchev–Trinajstić information content (AvgIpc) is 3.16. The second-order valence-electron chi connectivity index (χ2n) is 13.4. The number of hydrogen-bond donors (Lipinski definition) is 1. The molecule has 0 saturated carbocycles. The molecule has 2 heterocycles. The number of phenolic OH excluding ortho intramolecular Hbond substituents is 1. The first kappa shape index (κ1) is 30.4. The Morgan fingerprint density at radius 2 is 0.941 bits per heavy atom. The Hall–Kier alpha value is -6.65. The van der Waals surface area contributed by atoms with Gasteiger partial charge in [-0.15, -0.1) is 10.2 Å². The number of hydrogen-bond acceptors (Lipinski definition) is 4. The molecular formula is C47H33N3O. The maximum Gasteiger partial charge on any atom is 0.125 e. The van der Waals surface area contributed by atoms with Crippen LogP contribution in [-0.4, -0.2) is 20.3 Å². The van der Waals surface area contributed by atoms with Crippen molar-refractivity contribution in [1.29, 1.82) is 0 Å². The molecule has 0 bridgehead atoms. The van der Waals surface area contributed by atoms with Crippen LogP contribution in [-0.2, 0) is 0 Å². The van der Waals surface area contributed by atoms with Crippen LogP contribution in [0.1, 0.15) is 11.1 Å². The molecule has 242 valence electrons. The second kappa shape index (κ2) is 12.3. The summed E-state index contributed by atoms with van der Waals surface area (Å²) < 4.78 is 0. The highest BCUT2D eigenvalue weighted by Gasteiger charge is 2.16. The summed E-state index contributed by atoms with van der Waals surface area (Å²) >= 11 is 0. The van der Waals surface area contributed by atoms with E-state index in [4.69, 9.17) is 4.98 Å². The van der Waals surface area contributed by atoms with Crippen LogP contribution in [0.25, 0.3) is 88.5 Å². The van der Waals surface area contributed by atoms with E-state index in [1.165, 1.54) is 11.1 Å². The van der Waals surface area contributed by atoms with Crippen molar-refractivity contribution in [3.8, 4) is 61.8 Å². The van der Waals surface area contributed by atoms with Crippen molar-refractivity contribution >= 4 is 32.4 Å². The van der Waals surface area contributed by atoms with E-state index in [1.807, 2.05) is 36.4 Å². The molecule has 51 heavy (non-hydrogen) atoms. The molecule has 0 radical (unpaired) electrons. The Labute approximate surface area is 296 Å². The van der Waals surface area contributed by atoms with Crippen molar-refractivity contribution in [2.45, 2.75) is 13.8 Å². The van der Waals surface area contributed by atoms with Crippen molar-refractivity contribution in [3.05, 3.63) is 169 Å². The lowest BCUT2D eigenvalue weighted by Crippen LogP contribution is -1.95. The van der Waals surface area contributed by atoms with E-state index in [9.17, 15) is 5.11 Å². The Bertz CT molecular complexity index is 2770. The zero-order valence-electron chi connectivity index (χ0n) is 28.3. The van der Waals surface area contributed by atoms with Crippen LogP contribution in [0, 0.1) is 13.8 Å². The van der Waals surface area contributed by atoms with E-state index in [2.05, 4.69) is 145 Å². The van der Waals surface area contributed by atoms with Gasteiger partial charge in [0.1, 0.15) is 5.75 Å². The van der Waals surface area contributed by atoms with Crippen LogP contribution in [0.3, 0.4) is 0 Å². The van der Waals surface area contributed by atoms with Crippen LogP contribution in [0.2, 0.25) is 0 Å². The molecule has 9 aromatic rings. The maximum atomic E-state index is 11.6. The van der Waals surface area contributed by atoms with Crippen molar-refractivity contribution in [2.24, 2.45) is 0 Å². The molecule has 0 atom stereocenters. The summed E-state index contributed by atoms with van der Waals surface area (Å²) in [6, 6.07) is 54.4. The molecule has 0 amide bonds. The molecule has 0 saturated heterocycles. The molecule has 1 N–H and O–H groups in total. The van der Waals surface area contributed by atoms with Crippen LogP contribution in [0.4, 0.5) is 0 Å². The van der Waals surface area contributed by atoms with E-state index >= 15 is 0 Å². The summed E-state index contributed by atoms with van der Waals surface area (Å²) in [6.07, 6.45) is 0. The molecule has 0 aliphatic rings. The average molecular weight is 656 g/mol. The lowest BCUT2D eigenvalue weighted by molar-refractivity contribution is 0.478.